The summed E-state index contributed by atoms with van der Waals surface area (Å²) < 4.78 is 6.76. The zero-order valence-electron chi connectivity index (χ0n) is 10.5. The van der Waals surface area contributed by atoms with Crippen LogP contribution < -0.4 is 5.32 Å². The number of pyridine rings is 1. The van der Waals surface area contributed by atoms with Crippen LogP contribution in [0, 0.1) is 0 Å². The van der Waals surface area contributed by atoms with Gasteiger partial charge in [-0.05, 0) is 13.0 Å². The largest absolute Gasteiger partial charge is 0.441 e. The van der Waals surface area contributed by atoms with Gasteiger partial charge in [0.15, 0.2) is 0 Å². The Balaban J connectivity index is 2.00. The molecule has 0 fully saturated rings. The lowest BCUT2D eigenvalue weighted by molar-refractivity contribution is 0.121. The predicted molar refractivity (Wildman–Crippen MR) is 71.0 cm³/mol. The van der Waals surface area contributed by atoms with Gasteiger partial charge in [-0.25, -0.2) is 9.78 Å². The van der Waals surface area contributed by atoms with Crippen LogP contribution in [0.15, 0.2) is 30.6 Å². The van der Waals surface area contributed by atoms with E-state index in [0.717, 1.165) is 0 Å². The molecule has 0 aromatic carbocycles. The van der Waals surface area contributed by atoms with E-state index in [1.54, 1.807) is 44.6 Å². The van der Waals surface area contributed by atoms with Crippen molar-refractivity contribution in [3.8, 4) is 0 Å². The maximum atomic E-state index is 11.7. The Kier molecular flexibility index (Phi) is 4.01. The summed E-state index contributed by atoms with van der Waals surface area (Å²) >= 11 is 5.93. The number of aromatic nitrogens is 3. The highest BCUT2D eigenvalue weighted by Gasteiger charge is 2.15. The molecule has 1 atom stereocenters. The molecule has 1 amide bonds. The molecule has 19 heavy (non-hydrogen) atoms. The summed E-state index contributed by atoms with van der Waals surface area (Å²) in [5.74, 6) is 0.550. The molecule has 6 nitrogen and oxygen atoms in total. The Bertz CT molecular complexity index is 585. The molecule has 0 aliphatic carbocycles. The summed E-state index contributed by atoms with van der Waals surface area (Å²) in [6.45, 7) is 1.73. The highest BCUT2D eigenvalue weighted by Crippen LogP contribution is 2.23. The average molecular weight is 281 g/mol. The van der Waals surface area contributed by atoms with Gasteiger partial charge in [0.25, 0.3) is 0 Å². The molecule has 0 aliphatic heterocycles. The highest BCUT2D eigenvalue weighted by atomic mass is 35.5. The maximum absolute atomic E-state index is 11.7. The number of anilines is 1. The average Bonchev–Trinajstić information content (AvgIpc) is 2.75. The van der Waals surface area contributed by atoms with Crippen LogP contribution in [0.4, 0.5) is 10.6 Å². The summed E-state index contributed by atoms with van der Waals surface area (Å²) in [6.07, 6.45) is 2.09. The molecule has 0 saturated heterocycles. The quantitative estimate of drug-likeness (QED) is 0.878. The molecule has 2 heterocycles. The van der Waals surface area contributed by atoms with Gasteiger partial charge in [0.1, 0.15) is 17.1 Å². The van der Waals surface area contributed by atoms with Gasteiger partial charge in [0, 0.05) is 24.9 Å². The molecule has 1 unspecified atom stereocenters. The van der Waals surface area contributed by atoms with Crippen molar-refractivity contribution in [1.29, 1.82) is 0 Å². The number of rotatable bonds is 3. The predicted octanol–water partition coefficient (Wildman–Crippen LogP) is 2.78. The molecule has 2 rings (SSSR count). The topological polar surface area (TPSA) is 69.0 Å². The minimum Gasteiger partial charge on any atom is -0.441 e. The van der Waals surface area contributed by atoms with Crippen molar-refractivity contribution in [3.63, 3.8) is 0 Å². The van der Waals surface area contributed by atoms with Crippen LogP contribution in [-0.4, -0.2) is 20.9 Å². The number of hydrogen-bond acceptors (Lipinski definition) is 4. The van der Waals surface area contributed by atoms with E-state index in [2.05, 4.69) is 15.4 Å². The molecule has 1 N–H and O–H groups in total. The summed E-state index contributed by atoms with van der Waals surface area (Å²) in [4.78, 5) is 15.7. The van der Waals surface area contributed by atoms with Gasteiger partial charge in [0.2, 0.25) is 0 Å². The van der Waals surface area contributed by atoms with Crippen LogP contribution in [-0.2, 0) is 11.8 Å². The van der Waals surface area contributed by atoms with Crippen LogP contribution in [0.5, 0.6) is 0 Å². The Hall–Kier alpha value is -2.08. The van der Waals surface area contributed by atoms with E-state index in [1.165, 1.54) is 4.68 Å². The molecule has 0 saturated carbocycles. The summed E-state index contributed by atoms with van der Waals surface area (Å²) in [7, 11) is 1.72. The van der Waals surface area contributed by atoms with Crippen LogP contribution in [0.3, 0.4) is 0 Å². The number of nitrogens with zero attached hydrogens (tertiary/aromatic N) is 3. The van der Waals surface area contributed by atoms with Gasteiger partial charge in [-0.3, -0.25) is 10.00 Å². The first-order valence-electron chi connectivity index (χ1n) is 5.64. The summed E-state index contributed by atoms with van der Waals surface area (Å²) in [5, 5.41) is 6.85. The number of halogens is 1. The fraction of sp³-hybridized carbons (Fsp3) is 0.250. The van der Waals surface area contributed by atoms with Gasteiger partial charge in [0.05, 0.1) is 6.20 Å². The van der Waals surface area contributed by atoms with Gasteiger partial charge in [-0.2, -0.15) is 5.10 Å². The normalized spacial score (nSPS) is 11.9. The third-order valence-electron chi connectivity index (χ3n) is 2.56. The Morgan fingerprint density at radius 3 is 2.89 bits per heavy atom. The van der Waals surface area contributed by atoms with E-state index in [1.807, 2.05) is 0 Å². The minimum atomic E-state index is -0.573. The van der Waals surface area contributed by atoms with E-state index in [9.17, 15) is 4.79 Å². The van der Waals surface area contributed by atoms with Crippen LogP contribution >= 0.6 is 11.6 Å². The molecule has 0 bridgehead atoms. The lowest BCUT2D eigenvalue weighted by Gasteiger charge is -2.14. The number of aryl methyl sites for hydroxylation is 1. The van der Waals surface area contributed by atoms with Crippen LogP contribution in [0.1, 0.15) is 18.6 Å². The molecule has 2 aromatic rings. The molecule has 0 radical (unpaired) electrons. The van der Waals surface area contributed by atoms with Crippen LogP contribution in [0.2, 0.25) is 5.15 Å². The molecular weight excluding hydrogens is 268 g/mol. The third-order valence-corrected chi connectivity index (χ3v) is 2.88. The third kappa shape index (κ3) is 3.23. The molecule has 100 valence electrons. The number of ether oxygens (including phenoxy) is 1. The zero-order chi connectivity index (χ0) is 13.8. The first kappa shape index (κ1) is 13.4. The van der Waals surface area contributed by atoms with E-state index >= 15 is 0 Å². The lowest BCUT2D eigenvalue weighted by atomic mass is 10.2. The second kappa shape index (κ2) is 5.71. The Labute approximate surface area is 115 Å². The fourth-order valence-electron chi connectivity index (χ4n) is 1.56. The molecular formula is C12H13ClN4O2. The van der Waals surface area contributed by atoms with Crippen molar-refractivity contribution >= 4 is 23.5 Å². The van der Waals surface area contributed by atoms with Gasteiger partial charge < -0.3 is 4.74 Å². The van der Waals surface area contributed by atoms with Gasteiger partial charge >= 0.3 is 6.09 Å². The van der Waals surface area contributed by atoms with Crippen molar-refractivity contribution in [2.45, 2.75) is 13.0 Å². The standard InChI is InChI=1S/C12H13ClN4O2/c1-8(9-4-3-6-14-11(9)13)19-12(18)16-10-5-7-15-17(10)2/h3-8H,1-2H3,(H,16,18). The van der Waals surface area contributed by atoms with Crippen molar-refractivity contribution < 1.29 is 9.53 Å². The SMILES string of the molecule is CC(OC(=O)Nc1ccnn1C)c1cccnc1Cl. The molecule has 2 aromatic heterocycles. The number of carbonyl (C=O) groups excluding carboxylic acids is 1. The van der Waals surface area contributed by atoms with Crippen LogP contribution in [0.25, 0.3) is 0 Å². The van der Waals surface area contributed by atoms with Crippen molar-refractivity contribution in [3.05, 3.63) is 41.3 Å². The van der Waals surface area contributed by atoms with E-state index in [4.69, 9.17) is 16.3 Å². The molecule has 0 aliphatic rings. The van der Waals surface area contributed by atoms with Crippen molar-refractivity contribution in [1.82, 2.24) is 14.8 Å². The number of nitrogens with one attached hydrogen (secondary N) is 1. The second-order valence-electron chi connectivity index (χ2n) is 3.90. The van der Waals surface area contributed by atoms with Crippen molar-refractivity contribution in [2.24, 2.45) is 7.05 Å². The first-order valence-corrected chi connectivity index (χ1v) is 6.02. The first-order chi connectivity index (χ1) is 9.08. The van der Waals surface area contributed by atoms with Gasteiger partial charge in [-0.1, -0.05) is 17.7 Å². The van der Waals surface area contributed by atoms with Gasteiger partial charge in [-0.15, -0.1) is 0 Å². The Morgan fingerprint density at radius 1 is 1.47 bits per heavy atom. The Morgan fingerprint density at radius 2 is 2.26 bits per heavy atom. The second-order valence-corrected chi connectivity index (χ2v) is 4.25. The monoisotopic (exact) mass is 280 g/mol. The number of amides is 1. The number of hydrogen-bond donors (Lipinski definition) is 1. The lowest BCUT2D eigenvalue weighted by Crippen LogP contribution is -2.18. The summed E-state index contributed by atoms with van der Waals surface area (Å²) in [5.41, 5.74) is 0.657. The number of carbonyl (C=O) groups is 1. The smallest absolute Gasteiger partial charge is 0.413 e. The van der Waals surface area contributed by atoms with E-state index in [0.29, 0.717) is 16.5 Å². The van der Waals surface area contributed by atoms with Crippen molar-refractivity contribution in [2.75, 3.05) is 5.32 Å². The molecule has 7 heteroatoms. The summed E-state index contributed by atoms with van der Waals surface area (Å²) in [6, 6.07) is 5.17. The highest BCUT2D eigenvalue weighted by molar-refractivity contribution is 6.30. The zero-order valence-corrected chi connectivity index (χ0v) is 11.3. The molecule has 0 spiro atoms. The van der Waals surface area contributed by atoms with E-state index < -0.39 is 12.2 Å². The minimum absolute atomic E-state index is 0.323. The maximum Gasteiger partial charge on any atom is 0.413 e. The van der Waals surface area contributed by atoms with E-state index in [-0.39, 0.29) is 0 Å². The fourth-order valence-corrected chi connectivity index (χ4v) is 1.83.